The summed E-state index contributed by atoms with van der Waals surface area (Å²) in [4.78, 5) is 20.2. The topological polar surface area (TPSA) is 72.3 Å². The molecule has 1 saturated heterocycles. The molecule has 1 fully saturated rings. The van der Waals surface area contributed by atoms with E-state index in [1.54, 1.807) is 12.4 Å². The molecule has 194 valence electrons. The second kappa shape index (κ2) is 10.6. The monoisotopic (exact) mass is 499 g/mol. The van der Waals surface area contributed by atoms with Crippen molar-refractivity contribution >= 4 is 17.2 Å². The average Bonchev–Trinajstić information content (AvgIpc) is 3.30. The molecule has 3 heterocycles. The van der Waals surface area contributed by atoms with E-state index in [2.05, 4.69) is 59.3 Å². The van der Waals surface area contributed by atoms with Gasteiger partial charge in [0, 0.05) is 19.1 Å². The normalized spacial score (nSPS) is 18.9. The first kappa shape index (κ1) is 25.4. The van der Waals surface area contributed by atoms with Crippen molar-refractivity contribution in [2.75, 3.05) is 31.6 Å². The van der Waals surface area contributed by atoms with Crippen molar-refractivity contribution in [3.8, 4) is 5.69 Å². The molecule has 3 aromatic rings. The Morgan fingerprint density at radius 2 is 1.81 bits per heavy atom. The van der Waals surface area contributed by atoms with Gasteiger partial charge in [-0.05, 0) is 67.0 Å². The van der Waals surface area contributed by atoms with E-state index in [0.29, 0.717) is 17.3 Å². The summed E-state index contributed by atoms with van der Waals surface area (Å²) in [7, 11) is 0. The number of anilines is 1. The van der Waals surface area contributed by atoms with E-state index >= 15 is 0 Å². The van der Waals surface area contributed by atoms with Crippen LogP contribution in [0.25, 0.3) is 11.3 Å². The molecule has 0 radical (unpaired) electrons. The lowest BCUT2D eigenvalue weighted by atomic mass is 9.87. The number of amides is 1. The molecule has 1 N–H and O–H groups in total. The van der Waals surface area contributed by atoms with Gasteiger partial charge < -0.3 is 10.1 Å². The lowest BCUT2D eigenvalue weighted by Gasteiger charge is -2.36. The zero-order valence-electron chi connectivity index (χ0n) is 22.3. The van der Waals surface area contributed by atoms with Gasteiger partial charge in [0.05, 0.1) is 53.9 Å². The van der Waals surface area contributed by atoms with Crippen LogP contribution in [0.15, 0.2) is 54.9 Å². The fourth-order valence-electron chi connectivity index (χ4n) is 5.18. The van der Waals surface area contributed by atoms with Crippen molar-refractivity contribution in [2.45, 2.75) is 58.4 Å². The number of aromatic nitrogens is 3. The number of pyridine rings is 1. The summed E-state index contributed by atoms with van der Waals surface area (Å²) in [6, 6.07) is 12.9. The van der Waals surface area contributed by atoms with Crippen molar-refractivity contribution < 1.29 is 9.53 Å². The van der Waals surface area contributed by atoms with E-state index < -0.39 is 0 Å². The molecular weight excluding hydrogens is 462 g/mol. The minimum atomic E-state index is -0.185. The van der Waals surface area contributed by atoms with Crippen LogP contribution in [0.2, 0.25) is 0 Å². The van der Waals surface area contributed by atoms with E-state index in [0.717, 1.165) is 62.6 Å². The summed E-state index contributed by atoms with van der Waals surface area (Å²) in [5, 5.41) is 7.46. The SMILES string of the molecule is Cc1c(C(=O)Nc2ccc(C3=CCC(N4CCOCC4)CC3)nc2)cnn1-c1ccc(C(C)(C)C)cc1. The summed E-state index contributed by atoms with van der Waals surface area (Å²) >= 11 is 0. The molecule has 1 aliphatic carbocycles. The molecule has 0 saturated carbocycles. The third-order valence-electron chi connectivity index (χ3n) is 7.53. The van der Waals surface area contributed by atoms with E-state index in [9.17, 15) is 4.79 Å². The minimum Gasteiger partial charge on any atom is -0.379 e. The summed E-state index contributed by atoms with van der Waals surface area (Å²) < 4.78 is 7.30. The quantitative estimate of drug-likeness (QED) is 0.509. The van der Waals surface area contributed by atoms with Gasteiger partial charge in [0.2, 0.25) is 0 Å². The fraction of sp³-hybridized carbons (Fsp3) is 0.433. The number of rotatable bonds is 5. The average molecular weight is 500 g/mol. The Balaban J connectivity index is 1.22. The van der Waals surface area contributed by atoms with Gasteiger partial charge in [0.1, 0.15) is 0 Å². The number of nitrogens with one attached hydrogen (secondary N) is 1. The van der Waals surface area contributed by atoms with Gasteiger partial charge in [-0.15, -0.1) is 0 Å². The summed E-state index contributed by atoms with van der Waals surface area (Å²) in [6.07, 6.45) is 8.92. The molecule has 0 bridgehead atoms. The van der Waals surface area contributed by atoms with Crippen LogP contribution >= 0.6 is 0 Å². The van der Waals surface area contributed by atoms with Crippen LogP contribution in [0.4, 0.5) is 5.69 Å². The van der Waals surface area contributed by atoms with Crippen molar-refractivity contribution in [3.05, 3.63) is 77.4 Å². The summed E-state index contributed by atoms with van der Waals surface area (Å²) in [5.41, 5.74) is 6.59. The maximum atomic E-state index is 13.0. The van der Waals surface area contributed by atoms with Gasteiger partial charge in [0.15, 0.2) is 0 Å². The highest BCUT2D eigenvalue weighted by atomic mass is 16.5. The number of ether oxygens (including phenoxy) is 1. The van der Waals surface area contributed by atoms with Gasteiger partial charge in [-0.3, -0.25) is 14.7 Å². The Bertz CT molecular complexity index is 1260. The highest BCUT2D eigenvalue weighted by molar-refractivity contribution is 6.04. The highest BCUT2D eigenvalue weighted by Gasteiger charge is 2.24. The molecule has 2 aliphatic rings. The minimum absolute atomic E-state index is 0.0885. The van der Waals surface area contributed by atoms with Crippen LogP contribution in [-0.4, -0.2) is 57.9 Å². The van der Waals surface area contributed by atoms with Crippen LogP contribution in [0, 0.1) is 6.92 Å². The molecule has 2 aromatic heterocycles. The standard InChI is InChI=1S/C30H37N5O2/c1-21-27(20-32-35(21)26-12-7-23(8-13-26)30(2,3)4)29(36)33-24-9-14-28(31-19-24)22-5-10-25(11-6-22)34-15-17-37-18-16-34/h5,7-9,12-14,19-20,25H,6,10-11,15-18H2,1-4H3,(H,33,36). The second-order valence-electron chi connectivity index (χ2n) is 11.0. The first-order valence-corrected chi connectivity index (χ1v) is 13.2. The Labute approximate surface area is 219 Å². The molecule has 1 aromatic carbocycles. The summed E-state index contributed by atoms with van der Waals surface area (Å²) in [5.74, 6) is -0.185. The second-order valence-corrected chi connectivity index (χ2v) is 11.0. The number of benzene rings is 1. The third-order valence-corrected chi connectivity index (χ3v) is 7.53. The van der Waals surface area contributed by atoms with Gasteiger partial charge in [-0.2, -0.15) is 5.10 Å². The number of hydrogen-bond acceptors (Lipinski definition) is 5. The number of hydrogen-bond donors (Lipinski definition) is 1. The molecule has 1 amide bonds. The Hall–Kier alpha value is -3.29. The third kappa shape index (κ3) is 5.68. The Morgan fingerprint density at radius 1 is 1.05 bits per heavy atom. The lowest BCUT2D eigenvalue weighted by Crippen LogP contribution is -2.43. The molecular formula is C30H37N5O2. The van der Waals surface area contributed by atoms with E-state index in [1.165, 1.54) is 11.1 Å². The molecule has 1 unspecified atom stereocenters. The van der Waals surface area contributed by atoms with E-state index in [-0.39, 0.29) is 11.3 Å². The predicted octanol–water partition coefficient (Wildman–Crippen LogP) is 5.39. The van der Waals surface area contributed by atoms with Crippen LogP contribution in [0.1, 0.15) is 67.3 Å². The molecule has 1 atom stereocenters. The van der Waals surface area contributed by atoms with E-state index in [4.69, 9.17) is 4.74 Å². The Kier molecular flexibility index (Phi) is 7.26. The summed E-state index contributed by atoms with van der Waals surface area (Å²) in [6.45, 7) is 12.2. The molecule has 5 rings (SSSR count). The lowest BCUT2D eigenvalue weighted by molar-refractivity contribution is 0.0150. The number of allylic oxidation sites excluding steroid dienone is 1. The number of morpholine rings is 1. The van der Waals surface area contributed by atoms with Crippen LogP contribution in [0.3, 0.4) is 0 Å². The van der Waals surface area contributed by atoms with Crippen molar-refractivity contribution in [3.63, 3.8) is 0 Å². The smallest absolute Gasteiger partial charge is 0.259 e. The van der Waals surface area contributed by atoms with Gasteiger partial charge in [-0.1, -0.05) is 39.0 Å². The number of nitrogens with zero attached hydrogens (tertiary/aromatic N) is 4. The first-order valence-electron chi connectivity index (χ1n) is 13.2. The molecule has 7 nitrogen and oxygen atoms in total. The predicted molar refractivity (Wildman–Crippen MR) is 147 cm³/mol. The van der Waals surface area contributed by atoms with Crippen LogP contribution < -0.4 is 5.32 Å². The van der Waals surface area contributed by atoms with Crippen molar-refractivity contribution in [2.24, 2.45) is 0 Å². The molecule has 1 aliphatic heterocycles. The maximum absolute atomic E-state index is 13.0. The highest BCUT2D eigenvalue weighted by Crippen LogP contribution is 2.29. The molecule has 0 spiro atoms. The van der Waals surface area contributed by atoms with Crippen molar-refractivity contribution in [1.82, 2.24) is 19.7 Å². The Morgan fingerprint density at radius 3 is 2.43 bits per heavy atom. The van der Waals surface area contributed by atoms with Gasteiger partial charge >= 0.3 is 0 Å². The zero-order valence-corrected chi connectivity index (χ0v) is 22.3. The zero-order chi connectivity index (χ0) is 26.0. The maximum Gasteiger partial charge on any atom is 0.259 e. The fourth-order valence-corrected chi connectivity index (χ4v) is 5.18. The van der Waals surface area contributed by atoms with Crippen LogP contribution in [0.5, 0.6) is 0 Å². The van der Waals surface area contributed by atoms with Gasteiger partial charge in [0.25, 0.3) is 5.91 Å². The van der Waals surface area contributed by atoms with Crippen molar-refractivity contribution in [1.29, 1.82) is 0 Å². The van der Waals surface area contributed by atoms with Gasteiger partial charge in [-0.25, -0.2) is 4.68 Å². The number of carbonyl (C=O) groups excluding carboxylic acids is 1. The molecule has 7 heteroatoms. The first-order chi connectivity index (χ1) is 17.8. The van der Waals surface area contributed by atoms with E-state index in [1.807, 2.05) is 35.9 Å². The molecule has 37 heavy (non-hydrogen) atoms. The number of carbonyl (C=O) groups is 1. The largest absolute Gasteiger partial charge is 0.379 e. The van der Waals surface area contributed by atoms with Crippen LogP contribution in [-0.2, 0) is 10.2 Å².